The predicted octanol–water partition coefficient (Wildman–Crippen LogP) is 4.39. The Balaban J connectivity index is 1.66. The van der Waals surface area contributed by atoms with E-state index in [4.69, 9.17) is 0 Å². The molecule has 3 rings (SSSR count). The van der Waals surface area contributed by atoms with Crippen molar-refractivity contribution in [1.29, 1.82) is 0 Å². The maximum Gasteiger partial charge on any atom is 0.270 e. The Hall–Kier alpha value is -1.95. The van der Waals surface area contributed by atoms with Crippen molar-refractivity contribution in [2.24, 2.45) is 5.92 Å². The zero-order valence-electron chi connectivity index (χ0n) is 21.7. The smallest absolute Gasteiger partial charge is 0.270 e. The monoisotopic (exact) mass is 456 g/mol. The molecule has 33 heavy (non-hydrogen) atoms. The lowest BCUT2D eigenvalue weighted by Crippen LogP contribution is -2.51. The summed E-state index contributed by atoms with van der Waals surface area (Å²) in [6, 6.07) is 6.51. The van der Waals surface area contributed by atoms with E-state index in [9.17, 15) is 9.59 Å². The van der Waals surface area contributed by atoms with E-state index >= 15 is 0 Å². The number of carbonyl (C=O) groups excluding carboxylic acids is 2. The molecule has 1 saturated carbocycles. The minimum absolute atomic E-state index is 0.0806. The fraction of sp³-hybridized carbons (Fsp3) is 0.741. The minimum Gasteiger partial charge on any atom is -0.339 e. The van der Waals surface area contributed by atoms with Crippen molar-refractivity contribution in [2.75, 3.05) is 13.6 Å². The second-order valence-electron chi connectivity index (χ2n) is 11.3. The van der Waals surface area contributed by atoms with Gasteiger partial charge in [0.05, 0.1) is 0 Å². The summed E-state index contributed by atoms with van der Waals surface area (Å²) >= 11 is 0. The number of likely N-dealkylation sites (tertiary alicyclic amines) is 1. The van der Waals surface area contributed by atoms with Crippen LogP contribution in [0.25, 0.3) is 0 Å². The maximum absolute atomic E-state index is 13.4. The Morgan fingerprint density at radius 1 is 1.24 bits per heavy atom. The van der Waals surface area contributed by atoms with E-state index in [-0.39, 0.29) is 17.2 Å². The van der Waals surface area contributed by atoms with Crippen LogP contribution < -0.4 is 5.32 Å². The van der Waals surface area contributed by atoms with Crippen molar-refractivity contribution in [3.63, 3.8) is 0 Å². The zero-order valence-corrected chi connectivity index (χ0v) is 21.7. The summed E-state index contributed by atoms with van der Waals surface area (Å²) in [7, 11) is 2.23. The average Bonchev–Trinajstić information content (AvgIpc) is 3.12. The largest absolute Gasteiger partial charge is 0.339 e. The lowest BCUT2D eigenvalue weighted by molar-refractivity contribution is -0.133. The third-order valence-corrected chi connectivity index (χ3v) is 7.66. The minimum atomic E-state index is -0.448. The first-order chi connectivity index (χ1) is 15.5. The van der Waals surface area contributed by atoms with Gasteiger partial charge in [-0.25, -0.2) is 4.98 Å². The van der Waals surface area contributed by atoms with Crippen molar-refractivity contribution in [3.8, 4) is 0 Å². The maximum atomic E-state index is 13.4. The van der Waals surface area contributed by atoms with Gasteiger partial charge in [-0.1, -0.05) is 40.2 Å². The van der Waals surface area contributed by atoms with Crippen LogP contribution in [0.15, 0.2) is 18.2 Å². The van der Waals surface area contributed by atoms with Gasteiger partial charge in [0.1, 0.15) is 11.7 Å². The van der Waals surface area contributed by atoms with Gasteiger partial charge in [-0.2, -0.15) is 0 Å². The molecule has 1 aromatic rings. The van der Waals surface area contributed by atoms with Crippen LogP contribution in [0, 0.1) is 5.92 Å². The van der Waals surface area contributed by atoms with Crippen LogP contribution in [-0.4, -0.2) is 64.4 Å². The van der Waals surface area contributed by atoms with Gasteiger partial charge in [0.25, 0.3) is 5.91 Å². The predicted molar refractivity (Wildman–Crippen MR) is 133 cm³/mol. The van der Waals surface area contributed by atoms with E-state index in [1.807, 2.05) is 12.1 Å². The van der Waals surface area contributed by atoms with Crippen LogP contribution in [0.2, 0.25) is 0 Å². The third-order valence-electron chi connectivity index (χ3n) is 7.66. The van der Waals surface area contributed by atoms with Crippen molar-refractivity contribution in [2.45, 2.75) is 110 Å². The molecule has 2 amide bonds. The first-order valence-electron chi connectivity index (χ1n) is 12.8. The van der Waals surface area contributed by atoms with Crippen LogP contribution in [-0.2, 0) is 10.2 Å². The SMILES string of the molecule is CCC[C@H]1C[C@H](N(C)C(C)C)CC[C@@H]1N1CC[C@H](NC(=O)c2cccc(C(C)(C)C)n2)C1=O. The summed E-state index contributed by atoms with van der Waals surface area (Å²) < 4.78 is 0. The number of pyridine rings is 1. The van der Waals surface area contributed by atoms with E-state index in [1.165, 1.54) is 0 Å². The Bertz CT molecular complexity index is 832. The molecule has 0 spiro atoms. The number of hydrogen-bond donors (Lipinski definition) is 1. The molecule has 2 heterocycles. The topological polar surface area (TPSA) is 65.5 Å². The molecule has 1 aromatic heterocycles. The summed E-state index contributed by atoms with van der Waals surface area (Å²) in [6.45, 7) is 13.7. The van der Waals surface area contributed by atoms with Crippen molar-refractivity contribution < 1.29 is 9.59 Å². The quantitative estimate of drug-likeness (QED) is 0.661. The zero-order chi connectivity index (χ0) is 24.3. The van der Waals surface area contributed by atoms with Gasteiger partial charge in [0.15, 0.2) is 0 Å². The highest BCUT2D eigenvalue weighted by molar-refractivity contribution is 5.96. The summed E-state index contributed by atoms with van der Waals surface area (Å²) in [5.41, 5.74) is 1.13. The normalized spacial score (nSPS) is 26.3. The first kappa shape index (κ1) is 25.7. The van der Waals surface area contributed by atoms with Crippen molar-refractivity contribution >= 4 is 11.8 Å². The van der Waals surface area contributed by atoms with Crippen LogP contribution >= 0.6 is 0 Å². The molecular weight excluding hydrogens is 412 g/mol. The van der Waals surface area contributed by atoms with Gasteiger partial charge in [0.2, 0.25) is 5.91 Å². The molecule has 1 aliphatic carbocycles. The van der Waals surface area contributed by atoms with Crippen molar-refractivity contribution in [1.82, 2.24) is 20.1 Å². The highest BCUT2D eigenvalue weighted by Crippen LogP contribution is 2.36. The molecule has 4 atom stereocenters. The molecule has 1 saturated heterocycles. The molecule has 184 valence electrons. The number of aromatic nitrogens is 1. The highest BCUT2D eigenvalue weighted by atomic mass is 16.2. The van der Waals surface area contributed by atoms with Crippen LogP contribution in [0.4, 0.5) is 0 Å². The molecular formula is C27H44N4O2. The summed E-state index contributed by atoms with van der Waals surface area (Å²) in [5, 5.41) is 2.98. The number of rotatable bonds is 7. The van der Waals surface area contributed by atoms with Crippen LogP contribution in [0.5, 0.6) is 0 Å². The lowest BCUT2D eigenvalue weighted by atomic mass is 9.77. The highest BCUT2D eigenvalue weighted by Gasteiger charge is 2.42. The van der Waals surface area contributed by atoms with E-state index < -0.39 is 6.04 Å². The van der Waals surface area contributed by atoms with E-state index in [2.05, 4.69) is 68.7 Å². The number of nitrogens with zero attached hydrogens (tertiary/aromatic N) is 3. The lowest BCUT2D eigenvalue weighted by Gasteiger charge is -2.44. The molecule has 0 aromatic carbocycles. The number of carbonyl (C=O) groups is 2. The van der Waals surface area contributed by atoms with Crippen LogP contribution in [0.3, 0.4) is 0 Å². The average molecular weight is 457 g/mol. The van der Waals surface area contributed by atoms with Gasteiger partial charge in [-0.3, -0.25) is 9.59 Å². The fourth-order valence-corrected chi connectivity index (χ4v) is 5.48. The van der Waals surface area contributed by atoms with Gasteiger partial charge in [-0.15, -0.1) is 0 Å². The Morgan fingerprint density at radius 3 is 2.61 bits per heavy atom. The van der Waals surface area contributed by atoms with Gasteiger partial charge < -0.3 is 15.1 Å². The Kier molecular flexibility index (Phi) is 8.20. The molecule has 6 nitrogen and oxygen atoms in total. The van der Waals surface area contributed by atoms with E-state index in [1.54, 1.807) is 6.07 Å². The summed E-state index contributed by atoms with van der Waals surface area (Å²) in [6.07, 6.45) is 6.29. The third kappa shape index (κ3) is 5.95. The molecule has 0 unspecified atom stereocenters. The summed E-state index contributed by atoms with van der Waals surface area (Å²) in [4.78, 5) is 35.4. The van der Waals surface area contributed by atoms with Crippen molar-refractivity contribution in [3.05, 3.63) is 29.6 Å². The molecule has 1 aliphatic heterocycles. The van der Waals surface area contributed by atoms with E-state index in [0.717, 1.165) is 44.3 Å². The Morgan fingerprint density at radius 2 is 1.97 bits per heavy atom. The fourth-order valence-electron chi connectivity index (χ4n) is 5.48. The summed E-state index contributed by atoms with van der Waals surface area (Å²) in [5.74, 6) is 0.351. The second kappa shape index (κ2) is 10.5. The molecule has 6 heteroatoms. The number of hydrogen-bond acceptors (Lipinski definition) is 4. The Labute approximate surface area is 200 Å². The molecule has 0 bridgehead atoms. The molecule has 0 radical (unpaired) electrons. The molecule has 2 aliphatic rings. The molecule has 2 fully saturated rings. The number of nitrogens with one attached hydrogen (secondary N) is 1. The van der Waals surface area contributed by atoms with Gasteiger partial charge in [0, 0.05) is 35.8 Å². The van der Waals surface area contributed by atoms with Gasteiger partial charge >= 0.3 is 0 Å². The number of amides is 2. The first-order valence-corrected chi connectivity index (χ1v) is 12.8. The molecule has 1 N–H and O–H groups in total. The standard InChI is InChI=1S/C27H44N4O2/c1-8-10-19-17-20(30(7)18(2)3)13-14-23(19)31-16-15-22(26(31)33)29-25(32)21-11-9-12-24(28-21)27(4,5)6/h9,11-12,18-20,22-23H,8,10,13-17H2,1-7H3,(H,29,32)/t19-,20+,22-,23-/m0/s1. The second-order valence-corrected chi connectivity index (χ2v) is 11.3. The van der Waals surface area contributed by atoms with E-state index in [0.29, 0.717) is 36.2 Å². The van der Waals surface area contributed by atoms with Crippen LogP contribution in [0.1, 0.15) is 96.2 Å². The van der Waals surface area contributed by atoms with Gasteiger partial charge in [-0.05, 0) is 71.0 Å².